The van der Waals surface area contributed by atoms with Crippen molar-refractivity contribution in [3.63, 3.8) is 0 Å². The van der Waals surface area contributed by atoms with Crippen LogP contribution in [0, 0.1) is 0 Å². The van der Waals surface area contributed by atoms with Gasteiger partial charge in [-0.2, -0.15) is 0 Å². The van der Waals surface area contributed by atoms with E-state index >= 15 is 0 Å². The average Bonchev–Trinajstić information content (AvgIpc) is 2.19. The van der Waals surface area contributed by atoms with Crippen LogP contribution in [0.1, 0.15) is 6.42 Å². The second-order valence-corrected chi connectivity index (χ2v) is 5.60. The predicted molar refractivity (Wildman–Crippen MR) is 60.4 cm³/mol. The van der Waals surface area contributed by atoms with Gasteiger partial charge in [0.05, 0.1) is 5.75 Å². The van der Waals surface area contributed by atoms with Crippen molar-refractivity contribution in [1.82, 2.24) is 5.32 Å². The molecule has 0 aromatic carbocycles. The summed E-state index contributed by atoms with van der Waals surface area (Å²) in [5.74, 6) is -1.64. The molecule has 0 saturated heterocycles. The number of carboxylic acid groups (broad SMARTS) is 1. The smallest absolute Gasteiger partial charge is 0.408 e. The maximum Gasteiger partial charge on any atom is 0.408 e. The SMILES string of the molecule is C=CCOC(=O)NC(CCS(C)(=O)=O)C(=O)O. The average molecular weight is 265 g/mol. The highest BCUT2D eigenvalue weighted by Crippen LogP contribution is 1.98. The summed E-state index contributed by atoms with van der Waals surface area (Å²) < 4.78 is 26.3. The van der Waals surface area contributed by atoms with Crippen LogP contribution in [0.3, 0.4) is 0 Å². The number of carbonyl (C=O) groups excluding carboxylic acids is 1. The summed E-state index contributed by atoms with van der Waals surface area (Å²) in [5, 5.41) is 10.8. The highest BCUT2D eigenvalue weighted by molar-refractivity contribution is 7.90. The number of hydrogen-bond acceptors (Lipinski definition) is 5. The van der Waals surface area contributed by atoms with Crippen molar-refractivity contribution in [3.05, 3.63) is 12.7 Å². The number of amides is 1. The Hall–Kier alpha value is -1.57. The summed E-state index contributed by atoms with van der Waals surface area (Å²) in [4.78, 5) is 21.8. The molecule has 1 unspecified atom stereocenters. The largest absolute Gasteiger partial charge is 0.480 e. The van der Waals surface area contributed by atoms with Gasteiger partial charge in [0.1, 0.15) is 22.5 Å². The quantitative estimate of drug-likeness (QED) is 0.616. The summed E-state index contributed by atoms with van der Waals surface area (Å²) >= 11 is 0. The maximum atomic E-state index is 11.0. The van der Waals surface area contributed by atoms with Crippen LogP contribution in [0.25, 0.3) is 0 Å². The number of hydrogen-bond donors (Lipinski definition) is 2. The number of aliphatic carboxylic acids is 1. The van der Waals surface area contributed by atoms with Crippen molar-refractivity contribution in [3.8, 4) is 0 Å². The molecule has 0 rings (SSSR count). The van der Waals surface area contributed by atoms with Crippen LogP contribution in [-0.2, 0) is 19.4 Å². The minimum absolute atomic E-state index is 0.0513. The fraction of sp³-hybridized carbons (Fsp3) is 0.556. The number of rotatable bonds is 7. The van der Waals surface area contributed by atoms with Crippen molar-refractivity contribution in [2.24, 2.45) is 0 Å². The highest BCUT2D eigenvalue weighted by atomic mass is 32.2. The van der Waals surface area contributed by atoms with E-state index in [2.05, 4.69) is 16.6 Å². The second kappa shape index (κ2) is 6.89. The lowest BCUT2D eigenvalue weighted by atomic mass is 10.2. The Morgan fingerprint density at radius 1 is 1.53 bits per heavy atom. The van der Waals surface area contributed by atoms with Gasteiger partial charge in [0.15, 0.2) is 0 Å². The molecule has 0 heterocycles. The normalized spacial score (nSPS) is 12.5. The molecule has 1 amide bonds. The van der Waals surface area contributed by atoms with Gasteiger partial charge in [-0.1, -0.05) is 12.7 Å². The topological polar surface area (TPSA) is 110 Å². The first-order valence-electron chi connectivity index (χ1n) is 4.71. The van der Waals surface area contributed by atoms with Crippen LogP contribution < -0.4 is 5.32 Å². The van der Waals surface area contributed by atoms with E-state index in [9.17, 15) is 18.0 Å². The van der Waals surface area contributed by atoms with Gasteiger partial charge in [-0.15, -0.1) is 0 Å². The lowest BCUT2D eigenvalue weighted by Gasteiger charge is -2.13. The fourth-order valence-electron chi connectivity index (χ4n) is 0.908. The molecule has 98 valence electrons. The van der Waals surface area contributed by atoms with Crippen LogP contribution in [0.2, 0.25) is 0 Å². The molecule has 1 atom stereocenters. The molecule has 0 aromatic heterocycles. The monoisotopic (exact) mass is 265 g/mol. The van der Waals surface area contributed by atoms with Crippen LogP contribution in [-0.4, -0.2) is 50.2 Å². The van der Waals surface area contributed by atoms with E-state index in [0.29, 0.717) is 0 Å². The second-order valence-electron chi connectivity index (χ2n) is 3.34. The molecule has 0 spiro atoms. The molecular weight excluding hydrogens is 250 g/mol. The third-order valence-electron chi connectivity index (χ3n) is 1.70. The van der Waals surface area contributed by atoms with E-state index in [1.807, 2.05) is 0 Å². The Labute approximate surface area is 99.4 Å². The molecule has 7 nitrogen and oxygen atoms in total. The first-order chi connectivity index (χ1) is 7.76. The molecule has 8 heteroatoms. The van der Waals surface area contributed by atoms with E-state index < -0.39 is 27.9 Å². The van der Waals surface area contributed by atoms with Gasteiger partial charge in [0.25, 0.3) is 0 Å². The summed E-state index contributed by atoms with van der Waals surface area (Å²) in [7, 11) is -3.28. The minimum Gasteiger partial charge on any atom is -0.480 e. The molecule has 2 N–H and O–H groups in total. The molecule has 0 aliphatic rings. The molecular formula is C9H15NO6S. The van der Waals surface area contributed by atoms with Gasteiger partial charge in [0.2, 0.25) is 0 Å². The summed E-state index contributed by atoms with van der Waals surface area (Å²) in [5.41, 5.74) is 0. The van der Waals surface area contributed by atoms with Crippen molar-refractivity contribution >= 4 is 21.9 Å². The Morgan fingerprint density at radius 2 is 2.12 bits per heavy atom. The number of sulfone groups is 1. The van der Waals surface area contributed by atoms with E-state index in [1.54, 1.807) is 0 Å². The highest BCUT2D eigenvalue weighted by Gasteiger charge is 2.22. The number of carbonyl (C=O) groups is 2. The molecule has 0 aliphatic carbocycles. The van der Waals surface area contributed by atoms with Crippen molar-refractivity contribution < 1.29 is 27.9 Å². The van der Waals surface area contributed by atoms with Crippen molar-refractivity contribution in [2.75, 3.05) is 18.6 Å². The summed E-state index contributed by atoms with van der Waals surface area (Å²) in [6.45, 7) is 3.26. The van der Waals surface area contributed by atoms with Crippen LogP contribution in [0.15, 0.2) is 12.7 Å². The van der Waals surface area contributed by atoms with Crippen LogP contribution in [0.5, 0.6) is 0 Å². The number of alkyl carbamates (subject to hydrolysis) is 1. The van der Waals surface area contributed by atoms with Gasteiger partial charge >= 0.3 is 12.1 Å². The first-order valence-corrected chi connectivity index (χ1v) is 6.77. The van der Waals surface area contributed by atoms with Crippen molar-refractivity contribution in [2.45, 2.75) is 12.5 Å². The van der Waals surface area contributed by atoms with E-state index in [0.717, 1.165) is 6.26 Å². The molecule has 0 aliphatic heterocycles. The van der Waals surface area contributed by atoms with Gasteiger partial charge in [-0.25, -0.2) is 18.0 Å². The summed E-state index contributed by atoms with van der Waals surface area (Å²) in [6, 6.07) is -1.29. The molecule has 17 heavy (non-hydrogen) atoms. The number of carboxylic acids is 1. The Balaban J connectivity index is 4.30. The van der Waals surface area contributed by atoms with Crippen molar-refractivity contribution in [1.29, 1.82) is 0 Å². The van der Waals surface area contributed by atoms with Crippen LogP contribution >= 0.6 is 0 Å². The molecule has 0 bridgehead atoms. The lowest BCUT2D eigenvalue weighted by molar-refractivity contribution is -0.139. The zero-order valence-corrected chi connectivity index (χ0v) is 10.2. The van der Waals surface area contributed by atoms with E-state index in [4.69, 9.17) is 5.11 Å². The molecule has 0 aromatic rings. The van der Waals surface area contributed by atoms with E-state index in [-0.39, 0.29) is 18.8 Å². The zero-order valence-electron chi connectivity index (χ0n) is 9.38. The third kappa shape index (κ3) is 8.26. The minimum atomic E-state index is -3.28. The molecule has 0 radical (unpaired) electrons. The summed E-state index contributed by atoms with van der Waals surface area (Å²) in [6.07, 6.45) is 1.18. The Morgan fingerprint density at radius 3 is 2.53 bits per heavy atom. The van der Waals surface area contributed by atoms with Gasteiger partial charge in [-0.05, 0) is 6.42 Å². The predicted octanol–water partition coefficient (Wildman–Crippen LogP) is -0.213. The molecule has 0 saturated carbocycles. The molecule has 0 fully saturated rings. The Bertz CT molecular complexity index is 388. The zero-order chi connectivity index (χ0) is 13.5. The van der Waals surface area contributed by atoms with E-state index in [1.165, 1.54) is 6.08 Å². The third-order valence-corrected chi connectivity index (χ3v) is 2.68. The lowest BCUT2D eigenvalue weighted by Crippen LogP contribution is -2.42. The van der Waals surface area contributed by atoms with Gasteiger partial charge in [-0.3, -0.25) is 0 Å². The van der Waals surface area contributed by atoms with Gasteiger partial charge < -0.3 is 15.2 Å². The number of nitrogens with one attached hydrogen (secondary N) is 1. The van der Waals surface area contributed by atoms with Gasteiger partial charge in [0, 0.05) is 6.26 Å². The number of ether oxygens (including phenoxy) is 1. The van der Waals surface area contributed by atoms with Crippen LogP contribution in [0.4, 0.5) is 4.79 Å². The fourth-order valence-corrected chi connectivity index (χ4v) is 1.57. The maximum absolute atomic E-state index is 11.0. The first kappa shape index (κ1) is 15.4. The standard InChI is InChI=1S/C9H15NO6S/c1-3-5-16-9(13)10-7(8(11)12)4-6-17(2,14)15/h3,7H,1,4-6H2,2H3,(H,10,13)(H,11,12). The Kier molecular flexibility index (Phi) is 6.26.